The van der Waals surface area contributed by atoms with Crippen LogP contribution in [0.3, 0.4) is 0 Å². The number of ether oxygens (including phenoxy) is 1. The molecule has 0 bridgehead atoms. The molecule has 0 saturated carbocycles. The van der Waals surface area contributed by atoms with Crippen LogP contribution in [0.5, 0.6) is 0 Å². The molecule has 0 fully saturated rings. The van der Waals surface area contributed by atoms with Gasteiger partial charge in [0.1, 0.15) is 0 Å². The molecule has 0 saturated heterocycles. The number of methoxy groups -OCH3 is 1. The van der Waals surface area contributed by atoms with E-state index in [0.29, 0.717) is 17.7 Å². The van der Waals surface area contributed by atoms with Crippen LogP contribution in [0.25, 0.3) is 0 Å². The van der Waals surface area contributed by atoms with Gasteiger partial charge < -0.3 is 15.4 Å². The van der Waals surface area contributed by atoms with Crippen LogP contribution in [0.2, 0.25) is 0 Å². The van der Waals surface area contributed by atoms with Crippen LogP contribution in [0, 0.1) is 11.8 Å². The van der Waals surface area contributed by atoms with Gasteiger partial charge in [0.2, 0.25) is 0 Å². The Hall–Kier alpha value is -1.90. The molecule has 1 aromatic heterocycles. The molecule has 19 heavy (non-hydrogen) atoms. The molecule has 1 aromatic rings. The molecule has 0 spiro atoms. The number of carbonyl (C=O) groups excluding carboxylic acids is 1. The summed E-state index contributed by atoms with van der Waals surface area (Å²) in [6.07, 6.45) is 3.15. The lowest BCUT2D eigenvalue weighted by molar-refractivity contribution is 0.0633. The van der Waals surface area contributed by atoms with Gasteiger partial charge >= 0.3 is 0 Å². The van der Waals surface area contributed by atoms with Gasteiger partial charge in [-0.05, 0) is 13.0 Å². The monoisotopic (exact) mass is 261 g/mol. The number of carbonyl (C=O) groups is 1. The van der Waals surface area contributed by atoms with Crippen LogP contribution >= 0.6 is 0 Å². The van der Waals surface area contributed by atoms with E-state index < -0.39 is 0 Å². The van der Waals surface area contributed by atoms with Crippen molar-refractivity contribution in [3.8, 4) is 11.8 Å². The molecule has 1 heterocycles. The highest BCUT2D eigenvalue weighted by Crippen LogP contribution is 2.10. The Morgan fingerprint density at radius 3 is 3.00 bits per heavy atom. The standard InChI is InChI=1S/C14H19N3O2/c1-11(10-19-3)17(2)14(18)13-6-8-16-9-12(13)5-4-7-15/h6,8-9,11H,7,10,15H2,1-3H3. The first-order chi connectivity index (χ1) is 9.11. The van der Waals surface area contributed by atoms with E-state index in [-0.39, 0.29) is 18.5 Å². The number of hydrogen-bond donors (Lipinski definition) is 1. The minimum absolute atomic E-state index is 0.0130. The van der Waals surface area contributed by atoms with Gasteiger partial charge in [0.25, 0.3) is 5.91 Å². The fourth-order valence-electron chi connectivity index (χ4n) is 1.57. The minimum atomic E-state index is -0.103. The average Bonchev–Trinajstić information content (AvgIpc) is 2.44. The number of hydrogen-bond acceptors (Lipinski definition) is 4. The third-order valence-corrected chi connectivity index (χ3v) is 2.77. The summed E-state index contributed by atoms with van der Waals surface area (Å²) in [7, 11) is 3.35. The molecular weight excluding hydrogens is 242 g/mol. The maximum Gasteiger partial charge on any atom is 0.255 e. The Morgan fingerprint density at radius 2 is 2.37 bits per heavy atom. The van der Waals surface area contributed by atoms with E-state index in [2.05, 4.69) is 16.8 Å². The zero-order chi connectivity index (χ0) is 14.3. The molecule has 0 aliphatic heterocycles. The third kappa shape index (κ3) is 4.05. The smallest absolute Gasteiger partial charge is 0.255 e. The molecule has 1 rings (SSSR count). The van der Waals surface area contributed by atoms with E-state index in [4.69, 9.17) is 10.5 Å². The lowest BCUT2D eigenvalue weighted by Crippen LogP contribution is -2.38. The molecule has 2 N–H and O–H groups in total. The molecule has 0 aliphatic rings. The summed E-state index contributed by atoms with van der Waals surface area (Å²) in [6.45, 7) is 2.66. The zero-order valence-electron chi connectivity index (χ0n) is 11.5. The number of likely N-dealkylation sites (N-methyl/N-ethyl adjacent to an activating group) is 1. The average molecular weight is 261 g/mol. The summed E-state index contributed by atoms with van der Waals surface area (Å²) < 4.78 is 5.06. The summed E-state index contributed by atoms with van der Waals surface area (Å²) in [4.78, 5) is 18.0. The van der Waals surface area contributed by atoms with Crippen molar-refractivity contribution in [3.05, 3.63) is 29.6 Å². The van der Waals surface area contributed by atoms with Gasteiger partial charge in [-0.25, -0.2) is 0 Å². The van der Waals surface area contributed by atoms with Gasteiger partial charge in [0, 0.05) is 26.6 Å². The second-order valence-corrected chi connectivity index (χ2v) is 4.15. The summed E-state index contributed by atoms with van der Waals surface area (Å²) in [5, 5.41) is 0. The van der Waals surface area contributed by atoms with Crippen LogP contribution in [0.15, 0.2) is 18.5 Å². The highest BCUT2D eigenvalue weighted by Gasteiger charge is 2.19. The molecule has 0 aliphatic carbocycles. The molecule has 5 nitrogen and oxygen atoms in total. The van der Waals surface area contributed by atoms with Crippen LogP contribution in [-0.4, -0.2) is 49.1 Å². The summed E-state index contributed by atoms with van der Waals surface area (Å²) in [5.41, 5.74) is 6.47. The van der Waals surface area contributed by atoms with Gasteiger partial charge in [0.05, 0.1) is 30.3 Å². The number of rotatable bonds is 4. The van der Waals surface area contributed by atoms with E-state index in [1.54, 1.807) is 37.5 Å². The fraction of sp³-hybridized carbons (Fsp3) is 0.429. The SMILES string of the molecule is COCC(C)N(C)C(=O)c1ccncc1C#CCN. The molecule has 0 aromatic carbocycles. The molecule has 5 heteroatoms. The molecule has 0 radical (unpaired) electrons. The van der Waals surface area contributed by atoms with E-state index in [9.17, 15) is 4.79 Å². The number of nitrogens with zero attached hydrogens (tertiary/aromatic N) is 2. The largest absolute Gasteiger partial charge is 0.383 e. The number of pyridine rings is 1. The second kappa shape index (κ2) is 7.52. The predicted octanol–water partition coefficient (Wildman–Crippen LogP) is 0.499. The van der Waals surface area contributed by atoms with Crippen molar-refractivity contribution < 1.29 is 9.53 Å². The molecule has 1 unspecified atom stereocenters. The van der Waals surface area contributed by atoms with Gasteiger partial charge in [-0.15, -0.1) is 0 Å². The number of amides is 1. The van der Waals surface area contributed by atoms with Crippen molar-refractivity contribution in [1.82, 2.24) is 9.88 Å². The normalized spacial score (nSPS) is 11.4. The summed E-state index contributed by atoms with van der Waals surface area (Å²) in [6, 6.07) is 1.65. The van der Waals surface area contributed by atoms with E-state index >= 15 is 0 Å². The van der Waals surface area contributed by atoms with Crippen molar-refractivity contribution in [2.45, 2.75) is 13.0 Å². The number of aromatic nitrogens is 1. The fourth-order valence-corrected chi connectivity index (χ4v) is 1.57. The summed E-state index contributed by atoms with van der Waals surface area (Å²) >= 11 is 0. The Bertz CT molecular complexity index is 491. The van der Waals surface area contributed by atoms with E-state index in [1.165, 1.54) is 0 Å². The van der Waals surface area contributed by atoms with Gasteiger partial charge in [-0.1, -0.05) is 11.8 Å². The molecule has 1 atom stereocenters. The van der Waals surface area contributed by atoms with E-state index in [0.717, 1.165) is 0 Å². The lowest BCUT2D eigenvalue weighted by atomic mass is 10.1. The number of nitrogens with two attached hydrogens (primary N) is 1. The summed E-state index contributed by atoms with van der Waals surface area (Å²) in [5.74, 6) is 5.50. The highest BCUT2D eigenvalue weighted by molar-refractivity contribution is 5.96. The van der Waals surface area contributed by atoms with Crippen molar-refractivity contribution >= 4 is 5.91 Å². The van der Waals surface area contributed by atoms with Gasteiger partial charge in [-0.2, -0.15) is 0 Å². The van der Waals surface area contributed by atoms with Gasteiger partial charge in [-0.3, -0.25) is 9.78 Å². The van der Waals surface area contributed by atoms with Crippen LogP contribution in [-0.2, 0) is 4.74 Å². The highest BCUT2D eigenvalue weighted by atomic mass is 16.5. The Kier molecular flexibility index (Phi) is 6.00. The van der Waals surface area contributed by atoms with Crippen molar-refractivity contribution in [3.63, 3.8) is 0 Å². The zero-order valence-corrected chi connectivity index (χ0v) is 11.5. The first kappa shape index (κ1) is 15.2. The topological polar surface area (TPSA) is 68.5 Å². The van der Waals surface area contributed by atoms with E-state index in [1.807, 2.05) is 6.92 Å². The maximum atomic E-state index is 12.4. The first-order valence-corrected chi connectivity index (χ1v) is 6.00. The molecular formula is C14H19N3O2. The van der Waals surface area contributed by atoms with Crippen molar-refractivity contribution in [2.24, 2.45) is 5.73 Å². The predicted molar refractivity (Wildman–Crippen MR) is 73.6 cm³/mol. The van der Waals surface area contributed by atoms with Crippen molar-refractivity contribution in [2.75, 3.05) is 27.3 Å². The first-order valence-electron chi connectivity index (χ1n) is 6.00. The third-order valence-electron chi connectivity index (χ3n) is 2.77. The van der Waals surface area contributed by atoms with Crippen LogP contribution in [0.1, 0.15) is 22.8 Å². The molecule has 102 valence electrons. The Balaban J connectivity index is 2.99. The Labute approximate surface area is 113 Å². The molecule has 1 amide bonds. The Morgan fingerprint density at radius 1 is 1.63 bits per heavy atom. The van der Waals surface area contributed by atoms with Crippen LogP contribution < -0.4 is 5.73 Å². The minimum Gasteiger partial charge on any atom is -0.383 e. The lowest BCUT2D eigenvalue weighted by Gasteiger charge is -2.24. The van der Waals surface area contributed by atoms with Crippen LogP contribution in [0.4, 0.5) is 0 Å². The second-order valence-electron chi connectivity index (χ2n) is 4.15. The van der Waals surface area contributed by atoms with Crippen molar-refractivity contribution in [1.29, 1.82) is 0 Å². The quantitative estimate of drug-likeness (QED) is 0.801. The van der Waals surface area contributed by atoms with Gasteiger partial charge in [0.15, 0.2) is 0 Å². The maximum absolute atomic E-state index is 12.4.